The third-order valence-corrected chi connectivity index (χ3v) is 4.31. The fourth-order valence-electron chi connectivity index (χ4n) is 2.73. The Hall–Kier alpha value is -1.07. The maximum Gasteiger partial charge on any atom is 0.122 e. The van der Waals surface area contributed by atoms with Crippen molar-refractivity contribution >= 4 is 27.5 Å². The van der Waals surface area contributed by atoms with Crippen LogP contribution in [0.5, 0.6) is 0 Å². The molecular weight excluding hydrogens is 306 g/mol. The smallest absolute Gasteiger partial charge is 0.122 e. The Morgan fingerprint density at radius 1 is 1.42 bits per heavy atom. The average molecular weight is 326 g/mol. The zero-order valence-electron chi connectivity index (χ0n) is 10.9. The van der Waals surface area contributed by atoms with Gasteiger partial charge in [-0.15, -0.1) is 0 Å². The summed E-state index contributed by atoms with van der Waals surface area (Å²) >= 11 is 3.56. The molecule has 0 aromatic heterocycles. The third-order valence-electron chi connectivity index (χ3n) is 3.67. The first-order valence-electron chi connectivity index (χ1n) is 6.65. The zero-order chi connectivity index (χ0) is 13.8. The van der Waals surface area contributed by atoms with Gasteiger partial charge in [-0.25, -0.2) is 0 Å². The van der Waals surface area contributed by atoms with Crippen molar-refractivity contribution in [3.8, 4) is 0 Å². The molecule has 0 spiro atoms. The van der Waals surface area contributed by atoms with E-state index >= 15 is 0 Å². The van der Waals surface area contributed by atoms with Crippen LogP contribution in [0.2, 0.25) is 0 Å². The van der Waals surface area contributed by atoms with Gasteiger partial charge in [0.05, 0.1) is 12.3 Å². The number of rotatable bonds is 5. The number of amidine groups is 1. The number of hydrogen-bond donors (Lipinski definition) is 3. The van der Waals surface area contributed by atoms with Crippen LogP contribution in [0.15, 0.2) is 22.7 Å². The van der Waals surface area contributed by atoms with E-state index in [4.69, 9.17) is 11.1 Å². The predicted molar refractivity (Wildman–Crippen MR) is 81.8 cm³/mol. The zero-order valence-corrected chi connectivity index (χ0v) is 12.5. The topological polar surface area (TPSA) is 73.3 Å². The van der Waals surface area contributed by atoms with Gasteiger partial charge in [-0.2, -0.15) is 0 Å². The van der Waals surface area contributed by atoms with Crippen LogP contribution in [0.1, 0.15) is 31.2 Å². The van der Waals surface area contributed by atoms with Crippen molar-refractivity contribution in [1.29, 1.82) is 5.41 Å². The molecule has 1 aliphatic carbocycles. The minimum absolute atomic E-state index is 0.0711. The van der Waals surface area contributed by atoms with Gasteiger partial charge < -0.3 is 15.7 Å². The number of nitrogens with zero attached hydrogens (tertiary/aromatic N) is 1. The number of aliphatic hydroxyl groups excluding tert-OH is 1. The lowest BCUT2D eigenvalue weighted by molar-refractivity contribution is 0.297. The average Bonchev–Trinajstić information content (AvgIpc) is 2.90. The van der Waals surface area contributed by atoms with Gasteiger partial charge in [0.15, 0.2) is 0 Å². The standard InChI is InChI=1S/C14H20BrN3O/c15-12-9-10(14(16)17)5-6-13(12)18(7-8-19)11-3-1-2-4-11/h5-6,9,11,19H,1-4,7-8H2,(H3,16,17). The summed E-state index contributed by atoms with van der Waals surface area (Å²) < 4.78 is 0.931. The molecule has 19 heavy (non-hydrogen) atoms. The summed E-state index contributed by atoms with van der Waals surface area (Å²) in [5.41, 5.74) is 7.29. The number of aliphatic hydroxyl groups is 1. The molecule has 104 valence electrons. The summed E-state index contributed by atoms with van der Waals surface area (Å²) in [7, 11) is 0. The molecule has 2 rings (SSSR count). The Balaban J connectivity index is 2.28. The normalized spacial score (nSPS) is 15.7. The van der Waals surface area contributed by atoms with Crippen LogP contribution in [0.3, 0.4) is 0 Å². The molecule has 4 nitrogen and oxygen atoms in total. The molecule has 0 amide bonds. The van der Waals surface area contributed by atoms with Gasteiger partial charge in [0.1, 0.15) is 5.84 Å². The van der Waals surface area contributed by atoms with Gasteiger partial charge in [-0.1, -0.05) is 12.8 Å². The lowest BCUT2D eigenvalue weighted by Crippen LogP contribution is -2.36. The molecule has 0 heterocycles. The van der Waals surface area contributed by atoms with Gasteiger partial charge >= 0.3 is 0 Å². The predicted octanol–water partition coefficient (Wildman–Crippen LogP) is 2.47. The lowest BCUT2D eigenvalue weighted by atomic mass is 10.1. The van der Waals surface area contributed by atoms with Crippen LogP contribution in [0, 0.1) is 5.41 Å². The summed E-state index contributed by atoms with van der Waals surface area (Å²) in [4.78, 5) is 2.26. The lowest BCUT2D eigenvalue weighted by Gasteiger charge is -2.31. The Morgan fingerprint density at radius 3 is 2.63 bits per heavy atom. The van der Waals surface area contributed by atoms with Crippen molar-refractivity contribution in [2.24, 2.45) is 5.73 Å². The first kappa shape index (κ1) is 14.3. The monoisotopic (exact) mass is 325 g/mol. The van der Waals surface area contributed by atoms with E-state index in [1.807, 2.05) is 18.2 Å². The van der Waals surface area contributed by atoms with Crippen LogP contribution in [-0.4, -0.2) is 30.1 Å². The van der Waals surface area contributed by atoms with E-state index in [1.165, 1.54) is 25.7 Å². The van der Waals surface area contributed by atoms with Crippen molar-refractivity contribution in [3.63, 3.8) is 0 Å². The summed E-state index contributed by atoms with van der Waals surface area (Å²) in [5.74, 6) is 0.0711. The highest BCUT2D eigenvalue weighted by molar-refractivity contribution is 9.10. The fraction of sp³-hybridized carbons (Fsp3) is 0.500. The molecule has 5 heteroatoms. The molecule has 0 atom stereocenters. The minimum Gasteiger partial charge on any atom is -0.395 e. The maximum atomic E-state index is 9.28. The van der Waals surface area contributed by atoms with Gasteiger partial charge in [-0.3, -0.25) is 5.41 Å². The molecule has 1 saturated carbocycles. The molecule has 4 N–H and O–H groups in total. The maximum absolute atomic E-state index is 9.28. The number of anilines is 1. The number of nitrogens with two attached hydrogens (primary N) is 1. The highest BCUT2D eigenvalue weighted by Gasteiger charge is 2.23. The molecule has 1 fully saturated rings. The van der Waals surface area contributed by atoms with Crippen LogP contribution in [0.4, 0.5) is 5.69 Å². The summed E-state index contributed by atoms with van der Waals surface area (Å²) in [6.07, 6.45) is 4.88. The van der Waals surface area contributed by atoms with Crippen molar-refractivity contribution in [2.45, 2.75) is 31.7 Å². The molecule has 0 saturated heterocycles. The molecule has 1 aromatic rings. The van der Waals surface area contributed by atoms with E-state index in [0.29, 0.717) is 18.2 Å². The second-order valence-corrected chi connectivity index (χ2v) is 5.79. The first-order valence-corrected chi connectivity index (χ1v) is 7.44. The van der Waals surface area contributed by atoms with Crippen molar-refractivity contribution in [1.82, 2.24) is 0 Å². The van der Waals surface area contributed by atoms with Crippen molar-refractivity contribution in [3.05, 3.63) is 28.2 Å². The van der Waals surface area contributed by atoms with E-state index in [-0.39, 0.29) is 12.4 Å². The molecule has 0 bridgehead atoms. The number of nitrogen functional groups attached to an aromatic ring is 1. The van der Waals surface area contributed by atoms with Gasteiger partial charge in [0.25, 0.3) is 0 Å². The summed E-state index contributed by atoms with van der Waals surface area (Å²) in [5, 5.41) is 16.7. The largest absolute Gasteiger partial charge is 0.395 e. The second-order valence-electron chi connectivity index (χ2n) is 4.94. The number of nitrogens with one attached hydrogen (secondary N) is 1. The highest BCUT2D eigenvalue weighted by Crippen LogP contribution is 2.33. The SMILES string of the molecule is N=C(N)c1ccc(N(CCO)C2CCCC2)c(Br)c1. The molecule has 0 radical (unpaired) electrons. The summed E-state index contributed by atoms with van der Waals surface area (Å²) in [6, 6.07) is 6.22. The van der Waals surface area contributed by atoms with E-state index in [9.17, 15) is 5.11 Å². The highest BCUT2D eigenvalue weighted by atomic mass is 79.9. The molecule has 1 aromatic carbocycles. The van der Waals surface area contributed by atoms with Gasteiger partial charge in [0.2, 0.25) is 0 Å². The first-order chi connectivity index (χ1) is 9.13. The van der Waals surface area contributed by atoms with Crippen LogP contribution >= 0.6 is 15.9 Å². The van der Waals surface area contributed by atoms with Crippen LogP contribution in [-0.2, 0) is 0 Å². The quantitative estimate of drug-likeness (QED) is 0.575. The third kappa shape index (κ3) is 3.28. The summed E-state index contributed by atoms with van der Waals surface area (Å²) in [6.45, 7) is 0.792. The Kier molecular flexibility index (Phi) is 4.82. The minimum atomic E-state index is 0.0711. The van der Waals surface area contributed by atoms with E-state index < -0.39 is 0 Å². The second kappa shape index (κ2) is 6.39. The van der Waals surface area contributed by atoms with E-state index in [1.54, 1.807) is 0 Å². The molecule has 1 aliphatic rings. The van der Waals surface area contributed by atoms with Crippen LogP contribution < -0.4 is 10.6 Å². The van der Waals surface area contributed by atoms with Crippen molar-refractivity contribution in [2.75, 3.05) is 18.1 Å². The number of halogens is 1. The van der Waals surface area contributed by atoms with E-state index in [2.05, 4.69) is 20.8 Å². The Bertz CT molecular complexity index is 458. The molecule has 0 unspecified atom stereocenters. The Labute approximate surface area is 122 Å². The van der Waals surface area contributed by atoms with Crippen LogP contribution in [0.25, 0.3) is 0 Å². The van der Waals surface area contributed by atoms with Gasteiger partial charge in [0, 0.05) is 22.6 Å². The van der Waals surface area contributed by atoms with Gasteiger partial charge in [-0.05, 0) is 47.0 Å². The number of benzene rings is 1. The number of hydrogen-bond acceptors (Lipinski definition) is 3. The molecular formula is C14H20BrN3O. The molecule has 0 aliphatic heterocycles. The fourth-order valence-corrected chi connectivity index (χ4v) is 3.34. The Morgan fingerprint density at radius 2 is 2.11 bits per heavy atom. The van der Waals surface area contributed by atoms with E-state index in [0.717, 1.165) is 10.2 Å². The van der Waals surface area contributed by atoms with Crippen molar-refractivity contribution < 1.29 is 5.11 Å².